The highest BCUT2D eigenvalue weighted by atomic mass is 16.5. The fraction of sp³-hybridized carbons (Fsp3) is 1.00. The van der Waals surface area contributed by atoms with Crippen molar-refractivity contribution < 1.29 is 4.74 Å². The molecule has 0 spiro atoms. The molecular formula is C16H32N2O. The summed E-state index contributed by atoms with van der Waals surface area (Å²) in [7, 11) is 1.80. The van der Waals surface area contributed by atoms with Crippen LogP contribution in [0.5, 0.6) is 0 Å². The van der Waals surface area contributed by atoms with E-state index in [2.05, 4.69) is 31.0 Å². The number of hydrogen-bond acceptors (Lipinski definition) is 3. The molecule has 2 fully saturated rings. The molecule has 3 heteroatoms. The van der Waals surface area contributed by atoms with Crippen LogP contribution < -0.4 is 5.32 Å². The molecule has 1 saturated carbocycles. The first-order valence-corrected chi connectivity index (χ1v) is 8.03. The molecule has 2 atom stereocenters. The lowest BCUT2D eigenvalue weighted by atomic mass is 9.88. The molecule has 0 radical (unpaired) electrons. The number of piperazine rings is 1. The third-order valence-corrected chi connectivity index (χ3v) is 4.81. The average Bonchev–Trinajstić information content (AvgIpc) is 3.17. The minimum atomic E-state index is 0.362. The van der Waals surface area contributed by atoms with Gasteiger partial charge in [0, 0.05) is 44.9 Å². The van der Waals surface area contributed by atoms with Crippen molar-refractivity contribution in [3.8, 4) is 0 Å². The van der Waals surface area contributed by atoms with Crippen LogP contribution in [0.15, 0.2) is 0 Å². The van der Waals surface area contributed by atoms with Gasteiger partial charge in [-0.25, -0.2) is 0 Å². The molecule has 19 heavy (non-hydrogen) atoms. The van der Waals surface area contributed by atoms with Gasteiger partial charge in [-0.05, 0) is 44.4 Å². The molecule has 0 aromatic carbocycles. The van der Waals surface area contributed by atoms with Gasteiger partial charge in [0.05, 0.1) is 0 Å². The quantitative estimate of drug-likeness (QED) is 0.718. The van der Waals surface area contributed by atoms with E-state index in [9.17, 15) is 0 Å². The molecular weight excluding hydrogens is 236 g/mol. The van der Waals surface area contributed by atoms with Crippen molar-refractivity contribution in [1.29, 1.82) is 0 Å². The Morgan fingerprint density at radius 2 is 2.11 bits per heavy atom. The summed E-state index contributed by atoms with van der Waals surface area (Å²) in [6.45, 7) is 11.6. The first kappa shape index (κ1) is 15.3. The summed E-state index contributed by atoms with van der Waals surface area (Å²) < 4.78 is 5.22. The minimum absolute atomic E-state index is 0.362. The second-order valence-corrected chi connectivity index (χ2v) is 7.17. The van der Waals surface area contributed by atoms with E-state index in [4.69, 9.17) is 4.74 Å². The zero-order chi connectivity index (χ0) is 13.9. The maximum atomic E-state index is 5.22. The average molecular weight is 268 g/mol. The molecule has 0 aromatic heterocycles. The van der Waals surface area contributed by atoms with Gasteiger partial charge in [0.25, 0.3) is 0 Å². The Hall–Kier alpha value is -0.120. The summed E-state index contributed by atoms with van der Waals surface area (Å²) in [5.74, 6) is 1.69. The number of ether oxygens (including phenoxy) is 1. The molecule has 0 amide bonds. The smallest absolute Gasteiger partial charge is 0.0474 e. The van der Waals surface area contributed by atoms with Crippen LogP contribution in [-0.2, 0) is 4.74 Å². The lowest BCUT2D eigenvalue weighted by Gasteiger charge is -2.47. The molecule has 0 bridgehead atoms. The van der Waals surface area contributed by atoms with Crippen LogP contribution in [0, 0.1) is 11.8 Å². The van der Waals surface area contributed by atoms with E-state index in [0.717, 1.165) is 31.4 Å². The van der Waals surface area contributed by atoms with Crippen LogP contribution in [0.4, 0.5) is 0 Å². The fourth-order valence-corrected chi connectivity index (χ4v) is 3.53. The van der Waals surface area contributed by atoms with Crippen molar-refractivity contribution in [2.45, 2.75) is 58.0 Å². The van der Waals surface area contributed by atoms with Crippen LogP contribution in [0.2, 0.25) is 0 Å². The molecule has 1 saturated heterocycles. The zero-order valence-corrected chi connectivity index (χ0v) is 13.2. The first-order chi connectivity index (χ1) is 9.05. The van der Waals surface area contributed by atoms with E-state index in [1.807, 2.05) is 0 Å². The second kappa shape index (κ2) is 6.55. The van der Waals surface area contributed by atoms with Gasteiger partial charge < -0.3 is 10.1 Å². The van der Waals surface area contributed by atoms with Crippen LogP contribution in [0.1, 0.15) is 46.5 Å². The molecule has 1 aliphatic carbocycles. The lowest BCUT2D eigenvalue weighted by Crippen LogP contribution is -2.64. The Balaban J connectivity index is 1.92. The molecule has 3 nitrogen and oxygen atoms in total. The summed E-state index contributed by atoms with van der Waals surface area (Å²) in [6.07, 6.45) is 5.31. The van der Waals surface area contributed by atoms with Gasteiger partial charge in [-0.1, -0.05) is 13.8 Å². The topological polar surface area (TPSA) is 24.5 Å². The van der Waals surface area contributed by atoms with E-state index in [1.165, 1.54) is 32.4 Å². The number of nitrogens with zero attached hydrogens (tertiary/aromatic N) is 1. The molecule has 1 heterocycles. The van der Waals surface area contributed by atoms with E-state index in [-0.39, 0.29) is 0 Å². The van der Waals surface area contributed by atoms with Gasteiger partial charge >= 0.3 is 0 Å². The van der Waals surface area contributed by atoms with E-state index < -0.39 is 0 Å². The predicted octanol–water partition coefficient (Wildman–Crippen LogP) is 2.51. The Labute approximate surface area is 119 Å². The summed E-state index contributed by atoms with van der Waals surface area (Å²) >= 11 is 0. The molecule has 112 valence electrons. The van der Waals surface area contributed by atoms with E-state index in [1.54, 1.807) is 7.11 Å². The summed E-state index contributed by atoms with van der Waals surface area (Å²) in [5, 5.41) is 3.86. The number of hydrogen-bond donors (Lipinski definition) is 1. The number of rotatable bonds is 7. The van der Waals surface area contributed by atoms with Crippen LogP contribution in [0.25, 0.3) is 0 Å². The van der Waals surface area contributed by atoms with Crippen molar-refractivity contribution >= 4 is 0 Å². The maximum absolute atomic E-state index is 5.22. The Morgan fingerprint density at radius 3 is 2.68 bits per heavy atom. The van der Waals surface area contributed by atoms with Gasteiger partial charge in [-0.2, -0.15) is 0 Å². The van der Waals surface area contributed by atoms with E-state index >= 15 is 0 Å². The molecule has 1 N–H and O–H groups in total. The van der Waals surface area contributed by atoms with Gasteiger partial charge in [0.1, 0.15) is 0 Å². The van der Waals surface area contributed by atoms with Gasteiger partial charge in [-0.15, -0.1) is 0 Å². The fourth-order valence-electron chi connectivity index (χ4n) is 3.53. The SMILES string of the molecule is COCCCN1CC(C)(C2CC2)NCC1CC(C)C. The first-order valence-electron chi connectivity index (χ1n) is 8.03. The largest absolute Gasteiger partial charge is 0.385 e. The maximum Gasteiger partial charge on any atom is 0.0474 e. The van der Waals surface area contributed by atoms with Crippen molar-refractivity contribution in [3.05, 3.63) is 0 Å². The van der Waals surface area contributed by atoms with Crippen LogP contribution >= 0.6 is 0 Å². The molecule has 0 aromatic rings. The highest BCUT2D eigenvalue weighted by molar-refractivity contribution is 5.04. The van der Waals surface area contributed by atoms with Crippen molar-refractivity contribution in [2.24, 2.45) is 11.8 Å². The summed E-state index contributed by atoms with van der Waals surface area (Å²) in [4.78, 5) is 2.73. The predicted molar refractivity (Wildman–Crippen MR) is 80.4 cm³/mol. The molecule has 1 aliphatic heterocycles. The van der Waals surface area contributed by atoms with Gasteiger partial charge in [0.2, 0.25) is 0 Å². The third kappa shape index (κ3) is 4.17. The summed E-state index contributed by atoms with van der Waals surface area (Å²) in [5.41, 5.74) is 0.362. The van der Waals surface area contributed by atoms with Crippen LogP contribution in [0.3, 0.4) is 0 Å². The Kier molecular flexibility index (Phi) is 5.27. The van der Waals surface area contributed by atoms with Gasteiger partial charge in [-0.3, -0.25) is 4.90 Å². The normalized spacial score (nSPS) is 33.0. The lowest BCUT2D eigenvalue weighted by molar-refractivity contribution is 0.0563. The van der Waals surface area contributed by atoms with Crippen molar-refractivity contribution in [3.63, 3.8) is 0 Å². The molecule has 2 rings (SSSR count). The Bertz CT molecular complexity index is 278. The van der Waals surface area contributed by atoms with Crippen molar-refractivity contribution in [2.75, 3.05) is 33.4 Å². The highest BCUT2D eigenvalue weighted by Crippen LogP contribution is 2.41. The molecule has 2 aliphatic rings. The Morgan fingerprint density at radius 1 is 1.37 bits per heavy atom. The monoisotopic (exact) mass is 268 g/mol. The van der Waals surface area contributed by atoms with Crippen LogP contribution in [-0.4, -0.2) is 49.8 Å². The number of methoxy groups -OCH3 is 1. The van der Waals surface area contributed by atoms with Gasteiger partial charge in [0.15, 0.2) is 0 Å². The number of nitrogens with one attached hydrogen (secondary N) is 1. The summed E-state index contributed by atoms with van der Waals surface area (Å²) in [6, 6.07) is 0.712. The van der Waals surface area contributed by atoms with E-state index in [0.29, 0.717) is 11.6 Å². The zero-order valence-electron chi connectivity index (χ0n) is 13.2. The van der Waals surface area contributed by atoms with Crippen molar-refractivity contribution in [1.82, 2.24) is 10.2 Å². The third-order valence-electron chi connectivity index (χ3n) is 4.81. The second-order valence-electron chi connectivity index (χ2n) is 7.17. The highest BCUT2D eigenvalue weighted by Gasteiger charge is 2.45. The molecule has 2 unspecified atom stereocenters. The standard InChI is InChI=1S/C16H32N2O/c1-13(2)10-15-11-17-16(3,14-6-7-14)12-18(15)8-5-9-19-4/h13-15,17H,5-12H2,1-4H3. The minimum Gasteiger partial charge on any atom is -0.385 e.